The molecule has 1 aliphatic rings. The maximum Gasteiger partial charge on any atom is 0.410 e. The minimum absolute atomic E-state index is 0.202. The molecule has 130 valence electrons. The number of amides is 1. The molecule has 1 N–H and O–H groups in total. The Morgan fingerprint density at radius 2 is 2.21 bits per heavy atom. The zero-order valence-electron chi connectivity index (χ0n) is 14.5. The number of hydrogen-bond acceptors (Lipinski definition) is 5. The number of fused-ring (bicyclic) bond motifs is 1. The minimum atomic E-state index is -0.443. The molecular weight excluding hydrogens is 322 g/mol. The normalized spacial score (nSPS) is 18.6. The molecule has 0 bridgehead atoms. The van der Waals surface area contributed by atoms with E-state index in [1.807, 2.05) is 37.8 Å². The molecule has 1 fully saturated rings. The molecule has 1 aromatic heterocycles. The first kappa shape index (κ1) is 17.0. The van der Waals surface area contributed by atoms with E-state index in [-0.39, 0.29) is 6.09 Å². The monoisotopic (exact) mass is 347 g/mol. The van der Waals surface area contributed by atoms with Crippen molar-refractivity contribution in [2.45, 2.75) is 39.2 Å². The lowest BCUT2D eigenvalue weighted by Gasteiger charge is -2.34. The number of piperidine rings is 1. The Morgan fingerprint density at radius 3 is 3.00 bits per heavy atom. The van der Waals surface area contributed by atoms with E-state index >= 15 is 0 Å². The van der Waals surface area contributed by atoms with Crippen LogP contribution >= 0.6 is 11.5 Å². The van der Waals surface area contributed by atoms with Crippen molar-refractivity contribution in [3.63, 3.8) is 0 Å². The van der Waals surface area contributed by atoms with Crippen LogP contribution in [-0.2, 0) is 4.74 Å². The van der Waals surface area contributed by atoms with Gasteiger partial charge in [-0.1, -0.05) is 12.1 Å². The van der Waals surface area contributed by atoms with Crippen molar-refractivity contribution in [2.75, 3.05) is 25.0 Å². The van der Waals surface area contributed by atoms with Crippen LogP contribution in [-0.4, -0.2) is 40.6 Å². The molecule has 1 saturated heterocycles. The molecule has 1 aromatic carbocycles. The number of nitrogens with zero attached hydrogens (tertiary/aromatic N) is 2. The summed E-state index contributed by atoms with van der Waals surface area (Å²) in [4.78, 5) is 14.1. The molecule has 2 aromatic rings. The maximum absolute atomic E-state index is 12.2. The highest BCUT2D eigenvalue weighted by Crippen LogP contribution is 2.27. The van der Waals surface area contributed by atoms with Crippen LogP contribution in [0.3, 0.4) is 0 Å². The van der Waals surface area contributed by atoms with Crippen LogP contribution in [0, 0.1) is 5.92 Å². The van der Waals surface area contributed by atoms with Crippen LogP contribution in [0.4, 0.5) is 10.6 Å². The third kappa shape index (κ3) is 4.17. The Labute approximate surface area is 147 Å². The van der Waals surface area contributed by atoms with Crippen LogP contribution < -0.4 is 5.32 Å². The summed E-state index contributed by atoms with van der Waals surface area (Å²) < 4.78 is 11.2. The van der Waals surface area contributed by atoms with Gasteiger partial charge >= 0.3 is 6.09 Å². The Morgan fingerprint density at radius 1 is 1.42 bits per heavy atom. The van der Waals surface area contributed by atoms with Crippen molar-refractivity contribution >= 4 is 33.5 Å². The molecule has 0 saturated carbocycles. The predicted molar refractivity (Wildman–Crippen MR) is 98.6 cm³/mol. The standard InChI is InChI=1S/C18H25N3O2S/c1-18(2,3)23-17(22)21-10-6-7-13(12-21)11-19-16-14-8-4-5-9-15(14)24-20-16/h4-5,8-9,13H,6-7,10-12H2,1-3H3,(H,19,20). The number of ether oxygens (including phenoxy) is 1. The molecule has 1 atom stereocenters. The lowest BCUT2D eigenvalue weighted by molar-refractivity contribution is 0.0172. The van der Waals surface area contributed by atoms with E-state index in [1.54, 1.807) is 0 Å². The number of hydrogen-bond donors (Lipinski definition) is 1. The molecule has 1 amide bonds. The largest absolute Gasteiger partial charge is 0.444 e. The fourth-order valence-corrected chi connectivity index (χ4v) is 3.73. The SMILES string of the molecule is CC(C)(C)OC(=O)N1CCCC(CNc2nsc3ccccc23)C1. The second-order valence-corrected chi connectivity index (χ2v) is 8.15. The molecule has 0 radical (unpaired) electrons. The number of benzene rings is 1. The summed E-state index contributed by atoms with van der Waals surface area (Å²) in [6.07, 6.45) is 1.93. The van der Waals surface area contributed by atoms with Gasteiger partial charge in [0.1, 0.15) is 11.4 Å². The summed E-state index contributed by atoms with van der Waals surface area (Å²) in [6.45, 7) is 8.06. The molecule has 0 aliphatic carbocycles. The van der Waals surface area contributed by atoms with Crippen LogP contribution in [0.15, 0.2) is 24.3 Å². The summed E-state index contributed by atoms with van der Waals surface area (Å²) >= 11 is 1.52. The summed E-state index contributed by atoms with van der Waals surface area (Å²) in [5.41, 5.74) is -0.443. The second-order valence-electron chi connectivity index (χ2n) is 7.34. The Kier molecular flexibility index (Phi) is 4.94. The summed E-state index contributed by atoms with van der Waals surface area (Å²) in [6, 6.07) is 8.25. The van der Waals surface area contributed by atoms with Crippen LogP contribution in [0.5, 0.6) is 0 Å². The number of carbonyl (C=O) groups excluding carboxylic acids is 1. The summed E-state index contributed by atoms with van der Waals surface area (Å²) in [5, 5.41) is 4.63. The van der Waals surface area contributed by atoms with Crippen molar-refractivity contribution in [1.29, 1.82) is 0 Å². The van der Waals surface area contributed by atoms with Gasteiger partial charge in [-0.25, -0.2) is 4.79 Å². The zero-order chi connectivity index (χ0) is 17.2. The lowest BCUT2D eigenvalue weighted by atomic mass is 9.98. The van der Waals surface area contributed by atoms with Gasteiger partial charge in [0.2, 0.25) is 0 Å². The van der Waals surface area contributed by atoms with Crippen molar-refractivity contribution in [2.24, 2.45) is 5.92 Å². The van der Waals surface area contributed by atoms with E-state index in [4.69, 9.17) is 4.74 Å². The van der Waals surface area contributed by atoms with Crippen molar-refractivity contribution in [3.8, 4) is 0 Å². The van der Waals surface area contributed by atoms with Gasteiger partial charge in [-0.2, -0.15) is 4.37 Å². The average molecular weight is 347 g/mol. The third-order valence-electron chi connectivity index (χ3n) is 4.11. The van der Waals surface area contributed by atoms with Crippen molar-refractivity contribution < 1.29 is 9.53 Å². The van der Waals surface area contributed by atoms with Gasteiger partial charge in [0.15, 0.2) is 0 Å². The minimum Gasteiger partial charge on any atom is -0.444 e. The molecular formula is C18H25N3O2S. The number of rotatable bonds is 3. The molecule has 2 heterocycles. The van der Waals surface area contributed by atoms with Crippen molar-refractivity contribution in [3.05, 3.63) is 24.3 Å². The van der Waals surface area contributed by atoms with Gasteiger partial charge in [-0.15, -0.1) is 0 Å². The molecule has 3 rings (SSSR count). The fourth-order valence-electron chi connectivity index (χ4n) is 2.98. The highest BCUT2D eigenvalue weighted by atomic mass is 32.1. The average Bonchev–Trinajstić information content (AvgIpc) is 2.95. The van der Waals surface area contributed by atoms with E-state index in [0.717, 1.165) is 38.3 Å². The molecule has 0 spiro atoms. The Hall–Kier alpha value is -1.82. The van der Waals surface area contributed by atoms with Gasteiger partial charge in [-0.3, -0.25) is 0 Å². The predicted octanol–water partition coefficient (Wildman–Crippen LogP) is 4.36. The zero-order valence-corrected chi connectivity index (χ0v) is 15.4. The van der Waals surface area contributed by atoms with E-state index in [2.05, 4.69) is 21.8 Å². The first-order valence-corrected chi connectivity index (χ1v) is 9.26. The summed E-state index contributed by atoms with van der Waals surface area (Å²) in [7, 11) is 0. The fraction of sp³-hybridized carbons (Fsp3) is 0.556. The first-order chi connectivity index (χ1) is 11.4. The molecule has 6 heteroatoms. The summed E-state index contributed by atoms with van der Waals surface area (Å²) in [5.74, 6) is 1.37. The first-order valence-electron chi connectivity index (χ1n) is 8.48. The van der Waals surface area contributed by atoms with E-state index in [9.17, 15) is 4.79 Å². The number of anilines is 1. The van der Waals surface area contributed by atoms with Gasteiger partial charge < -0.3 is 15.0 Å². The van der Waals surface area contributed by atoms with Gasteiger partial charge in [0.25, 0.3) is 0 Å². The lowest BCUT2D eigenvalue weighted by Crippen LogP contribution is -2.44. The highest BCUT2D eigenvalue weighted by molar-refractivity contribution is 7.13. The molecule has 5 nitrogen and oxygen atoms in total. The van der Waals surface area contributed by atoms with Gasteiger partial charge in [0, 0.05) is 25.0 Å². The second kappa shape index (κ2) is 6.97. The maximum atomic E-state index is 12.2. The van der Waals surface area contributed by atoms with Crippen LogP contribution in [0.25, 0.3) is 10.1 Å². The molecule has 1 unspecified atom stereocenters. The van der Waals surface area contributed by atoms with Gasteiger partial charge in [0.05, 0.1) is 4.70 Å². The third-order valence-corrected chi connectivity index (χ3v) is 4.93. The topological polar surface area (TPSA) is 54.5 Å². The Bertz CT molecular complexity index is 708. The number of aromatic nitrogens is 1. The quantitative estimate of drug-likeness (QED) is 0.896. The smallest absolute Gasteiger partial charge is 0.410 e. The highest BCUT2D eigenvalue weighted by Gasteiger charge is 2.27. The van der Waals surface area contributed by atoms with Crippen LogP contribution in [0.1, 0.15) is 33.6 Å². The van der Waals surface area contributed by atoms with E-state index < -0.39 is 5.60 Å². The molecule has 24 heavy (non-hydrogen) atoms. The van der Waals surface area contributed by atoms with E-state index in [0.29, 0.717) is 5.92 Å². The molecule has 1 aliphatic heterocycles. The van der Waals surface area contributed by atoms with Crippen molar-refractivity contribution in [1.82, 2.24) is 9.27 Å². The number of nitrogens with one attached hydrogen (secondary N) is 1. The number of likely N-dealkylation sites (tertiary alicyclic amines) is 1. The van der Waals surface area contributed by atoms with Crippen LogP contribution in [0.2, 0.25) is 0 Å². The van der Waals surface area contributed by atoms with Gasteiger partial charge in [-0.05, 0) is 63.2 Å². The Balaban J connectivity index is 1.57. The van der Waals surface area contributed by atoms with E-state index in [1.165, 1.54) is 21.6 Å². The number of carbonyl (C=O) groups is 1.